The van der Waals surface area contributed by atoms with Gasteiger partial charge in [-0.25, -0.2) is 9.59 Å². The molecule has 2 N–H and O–H groups in total. The number of para-hydroxylation sites is 1. The van der Waals surface area contributed by atoms with Gasteiger partial charge in [-0.05, 0) is 24.1 Å². The third-order valence-electron chi connectivity index (χ3n) is 4.61. The van der Waals surface area contributed by atoms with Crippen molar-refractivity contribution in [2.75, 3.05) is 0 Å². The highest BCUT2D eigenvalue weighted by Gasteiger charge is 2.18. The zero-order chi connectivity index (χ0) is 22.8. The fourth-order valence-corrected chi connectivity index (χ4v) is 3.22. The van der Waals surface area contributed by atoms with Crippen LogP contribution in [0.15, 0.2) is 72.8 Å². The molecule has 0 aliphatic rings. The van der Waals surface area contributed by atoms with Crippen molar-refractivity contribution in [3.8, 4) is 17.3 Å². The van der Waals surface area contributed by atoms with Gasteiger partial charge >= 0.3 is 11.9 Å². The van der Waals surface area contributed by atoms with Crippen LogP contribution in [0.25, 0.3) is 28.2 Å². The van der Waals surface area contributed by atoms with E-state index in [1.54, 1.807) is 6.07 Å². The number of carboxylic acids is 2. The van der Waals surface area contributed by atoms with Crippen molar-refractivity contribution in [3.63, 3.8) is 0 Å². The first-order valence-electron chi connectivity index (χ1n) is 9.81. The number of hydrogen-bond donors (Lipinski definition) is 2. The van der Waals surface area contributed by atoms with Gasteiger partial charge in [0.2, 0.25) is 0 Å². The highest BCUT2D eigenvalue weighted by atomic mass is 16.4. The predicted octanol–water partition coefficient (Wildman–Crippen LogP) is 5.36. The Labute approximate surface area is 181 Å². The maximum atomic E-state index is 11.4. The molecule has 1 aromatic heterocycles. The molecule has 158 valence electrons. The van der Waals surface area contributed by atoms with Gasteiger partial charge in [0.05, 0.1) is 5.69 Å². The molecule has 31 heavy (non-hydrogen) atoms. The van der Waals surface area contributed by atoms with Gasteiger partial charge in [-0.15, -0.1) is 0 Å². The van der Waals surface area contributed by atoms with Gasteiger partial charge in [0, 0.05) is 29.1 Å². The molecule has 0 radical (unpaired) electrons. The number of carboxylic acid groups (broad SMARTS) is 2. The van der Waals surface area contributed by atoms with Gasteiger partial charge in [-0.1, -0.05) is 68.5 Å². The third-order valence-corrected chi connectivity index (χ3v) is 4.61. The van der Waals surface area contributed by atoms with Gasteiger partial charge in [0.1, 0.15) is 11.6 Å². The van der Waals surface area contributed by atoms with E-state index < -0.39 is 11.9 Å². The lowest BCUT2D eigenvalue weighted by atomic mass is 10.0. The monoisotopic (exact) mass is 416 g/mol. The zero-order valence-corrected chi connectivity index (χ0v) is 17.3. The maximum Gasteiger partial charge on any atom is 0.346 e. The quantitative estimate of drug-likeness (QED) is 0.399. The van der Waals surface area contributed by atoms with Gasteiger partial charge in [0.25, 0.3) is 0 Å². The Balaban J connectivity index is 0.000000614. The molecule has 2 aromatic carbocycles. The van der Waals surface area contributed by atoms with Gasteiger partial charge in [0.15, 0.2) is 0 Å². The largest absolute Gasteiger partial charge is 0.478 e. The van der Waals surface area contributed by atoms with Crippen LogP contribution in [0.3, 0.4) is 0 Å². The fourth-order valence-electron chi connectivity index (χ4n) is 3.22. The van der Waals surface area contributed by atoms with E-state index in [0.29, 0.717) is 0 Å². The zero-order valence-electron chi connectivity index (χ0n) is 17.3. The predicted molar refractivity (Wildman–Crippen MR) is 121 cm³/mol. The Bertz CT molecular complexity index is 1150. The van der Waals surface area contributed by atoms with Crippen molar-refractivity contribution >= 4 is 28.9 Å². The van der Waals surface area contributed by atoms with E-state index in [1.807, 2.05) is 54.6 Å². The second kappa shape index (κ2) is 11.2. The lowest BCUT2D eigenvalue weighted by molar-refractivity contribution is -0.132. The molecule has 0 unspecified atom stereocenters. The second-order valence-corrected chi connectivity index (χ2v) is 6.67. The van der Waals surface area contributed by atoms with Crippen LogP contribution >= 0.6 is 0 Å². The molecule has 0 fully saturated rings. The molecular weight excluding hydrogens is 392 g/mol. The normalized spacial score (nSPS) is 10.6. The number of fused-ring (bicyclic) bond motifs is 1. The maximum absolute atomic E-state index is 11.4. The molecule has 0 aliphatic carbocycles. The van der Waals surface area contributed by atoms with Crippen LogP contribution < -0.4 is 0 Å². The molecule has 3 aromatic rings. The minimum absolute atomic E-state index is 0.263. The first kappa shape index (κ1) is 23.2. The van der Waals surface area contributed by atoms with Crippen molar-refractivity contribution in [1.29, 1.82) is 5.26 Å². The third kappa shape index (κ3) is 5.71. The first-order valence-corrected chi connectivity index (χ1v) is 9.81. The highest BCUT2D eigenvalue weighted by Crippen LogP contribution is 2.35. The van der Waals surface area contributed by atoms with Crippen LogP contribution in [0.1, 0.15) is 25.3 Å². The van der Waals surface area contributed by atoms with Crippen LogP contribution in [0, 0.1) is 11.3 Å². The Morgan fingerprint density at radius 1 is 1.10 bits per heavy atom. The number of unbranched alkanes of at least 4 members (excludes halogenated alkanes) is 1. The summed E-state index contributed by atoms with van der Waals surface area (Å²) >= 11 is 0. The Kier molecular flexibility index (Phi) is 8.35. The van der Waals surface area contributed by atoms with Gasteiger partial charge < -0.3 is 14.8 Å². The SMILES string of the molecule is C=CC(=O)O.CCCCn1c(-c2ccccc2)c(C=C(C#N)C(=O)O)c2ccccc21. The van der Waals surface area contributed by atoms with Crippen molar-refractivity contribution in [3.05, 3.63) is 78.4 Å². The Morgan fingerprint density at radius 3 is 2.26 bits per heavy atom. The molecule has 0 amide bonds. The Morgan fingerprint density at radius 2 is 1.71 bits per heavy atom. The molecule has 0 saturated carbocycles. The average molecular weight is 416 g/mol. The summed E-state index contributed by atoms with van der Waals surface area (Å²) in [6, 6.07) is 19.7. The van der Waals surface area contributed by atoms with Crippen LogP contribution in [0.2, 0.25) is 0 Å². The number of aliphatic carboxylic acids is 2. The molecule has 6 nitrogen and oxygen atoms in total. The molecule has 3 rings (SSSR count). The summed E-state index contributed by atoms with van der Waals surface area (Å²) in [5.74, 6) is -2.19. The topological polar surface area (TPSA) is 103 Å². The van der Waals surface area contributed by atoms with E-state index in [-0.39, 0.29) is 5.57 Å². The number of nitrogens with zero attached hydrogens (tertiary/aromatic N) is 2. The molecule has 0 bridgehead atoms. The van der Waals surface area contributed by atoms with Crippen LogP contribution in [-0.4, -0.2) is 26.7 Å². The summed E-state index contributed by atoms with van der Waals surface area (Å²) in [4.78, 5) is 20.7. The number of hydrogen-bond acceptors (Lipinski definition) is 3. The summed E-state index contributed by atoms with van der Waals surface area (Å²) in [5, 5.41) is 27.1. The molecule has 6 heteroatoms. The first-order chi connectivity index (χ1) is 14.9. The molecule has 0 atom stereocenters. The summed E-state index contributed by atoms with van der Waals surface area (Å²) < 4.78 is 2.23. The molecule has 0 saturated heterocycles. The molecular formula is C25H24N2O4. The standard InChI is InChI=1S/C22H20N2O2.C3H4O2/c1-2-3-13-24-20-12-8-7-11-18(20)19(14-17(15-23)22(25)26)21(24)16-9-5-4-6-10-16;1-2-3(4)5/h4-12,14H,2-3,13H2,1H3,(H,25,26);2H,1H2,(H,4,5). The van der Waals surface area contributed by atoms with E-state index in [9.17, 15) is 20.0 Å². The lowest BCUT2D eigenvalue weighted by Gasteiger charge is -2.11. The van der Waals surface area contributed by atoms with Crippen molar-refractivity contribution in [1.82, 2.24) is 4.57 Å². The molecule has 0 spiro atoms. The van der Waals surface area contributed by atoms with Crippen LogP contribution in [0.5, 0.6) is 0 Å². The number of rotatable bonds is 7. The fraction of sp³-hybridized carbons (Fsp3) is 0.160. The lowest BCUT2D eigenvalue weighted by Crippen LogP contribution is -2.01. The van der Waals surface area contributed by atoms with Crippen molar-refractivity contribution in [2.45, 2.75) is 26.3 Å². The number of aryl methyl sites for hydroxylation is 1. The van der Waals surface area contributed by atoms with Gasteiger partial charge in [-0.2, -0.15) is 5.26 Å². The van der Waals surface area contributed by atoms with E-state index in [2.05, 4.69) is 18.1 Å². The number of benzene rings is 2. The van der Waals surface area contributed by atoms with Gasteiger partial charge in [-0.3, -0.25) is 0 Å². The number of carbonyl (C=O) groups is 2. The summed E-state index contributed by atoms with van der Waals surface area (Å²) in [6.07, 6.45) is 4.41. The summed E-state index contributed by atoms with van der Waals surface area (Å²) in [6.45, 7) is 5.94. The van der Waals surface area contributed by atoms with Crippen LogP contribution in [-0.2, 0) is 16.1 Å². The summed E-state index contributed by atoms with van der Waals surface area (Å²) in [7, 11) is 0. The van der Waals surface area contributed by atoms with Crippen LogP contribution in [0.4, 0.5) is 0 Å². The van der Waals surface area contributed by atoms with Crippen molar-refractivity contribution in [2.24, 2.45) is 0 Å². The van der Waals surface area contributed by atoms with E-state index in [1.165, 1.54) is 6.08 Å². The van der Waals surface area contributed by atoms with E-state index >= 15 is 0 Å². The average Bonchev–Trinajstić information content (AvgIpc) is 3.09. The number of nitriles is 1. The second-order valence-electron chi connectivity index (χ2n) is 6.67. The Hall–Kier alpha value is -4.11. The molecule has 1 heterocycles. The van der Waals surface area contributed by atoms with Crippen molar-refractivity contribution < 1.29 is 19.8 Å². The smallest absolute Gasteiger partial charge is 0.346 e. The highest BCUT2D eigenvalue weighted by molar-refractivity contribution is 6.04. The minimum Gasteiger partial charge on any atom is -0.478 e. The summed E-state index contributed by atoms with van der Waals surface area (Å²) in [5.41, 5.74) is 3.53. The van der Waals surface area contributed by atoms with E-state index in [4.69, 9.17) is 5.11 Å². The number of aromatic nitrogens is 1. The minimum atomic E-state index is -1.21. The molecule has 0 aliphatic heterocycles. The van der Waals surface area contributed by atoms with E-state index in [0.717, 1.165) is 53.2 Å².